The Morgan fingerprint density at radius 1 is 1.07 bits per heavy atom. The molecule has 146 valence electrons. The number of hydrogen-bond donors (Lipinski definition) is 0. The monoisotopic (exact) mass is 405 g/mol. The van der Waals surface area contributed by atoms with Gasteiger partial charge in [0.15, 0.2) is 0 Å². The topological polar surface area (TPSA) is 78.1 Å². The van der Waals surface area contributed by atoms with Gasteiger partial charge in [-0.05, 0) is 24.1 Å². The number of methoxy groups -OCH3 is 1. The van der Waals surface area contributed by atoms with Crippen molar-refractivity contribution in [2.45, 2.75) is 24.3 Å². The number of pyridine rings is 1. The van der Waals surface area contributed by atoms with Gasteiger partial charge in [0.25, 0.3) is 5.22 Å². The number of ether oxygens (including phenoxy) is 1. The number of para-hydroxylation sites is 1. The maximum absolute atomic E-state index is 12.4. The number of hydrogen-bond acceptors (Lipinski definition) is 7. The van der Waals surface area contributed by atoms with Gasteiger partial charge in [-0.25, -0.2) is 4.79 Å². The summed E-state index contributed by atoms with van der Waals surface area (Å²) in [6, 6.07) is 17.7. The molecule has 2 aromatic carbocycles. The highest BCUT2D eigenvalue weighted by atomic mass is 32.2. The van der Waals surface area contributed by atoms with E-state index in [-0.39, 0.29) is 0 Å². The van der Waals surface area contributed by atoms with Crippen molar-refractivity contribution in [2.75, 3.05) is 7.11 Å². The van der Waals surface area contributed by atoms with Crippen molar-refractivity contribution in [3.8, 4) is 0 Å². The van der Waals surface area contributed by atoms with Gasteiger partial charge in [0.2, 0.25) is 5.89 Å². The standard InChI is InChI=1S/C22H19N3O3S/c1-14-16-10-6-7-11-17(16)23-18(20(14)21(26)27-2)13-29-22-25-24-19(28-22)12-15-8-4-3-5-9-15/h3-11H,12-13H2,1-2H3. The van der Waals surface area contributed by atoms with Crippen LogP contribution in [0.15, 0.2) is 64.2 Å². The number of rotatable bonds is 6. The van der Waals surface area contributed by atoms with Crippen molar-refractivity contribution < 1.29 is 13.9 Å². The van der Waals surface area contributed by atoms with E-state index in [1.165, 1.54) is 18.9 Å². The number of nitrogens with zero attached hydrogens (tertiary/aromatic N) is 3. The number of carbonyl (C=O) groups excluding carboxylic acids is 1. The van der Waals surface area contributed by atoms with Gasteiger partial charge in [-0.15, -0.1) is 10.2 Å². The second-order valence-corrected chi connectivity index (χ2v) is 7.41. The van der Waals surface area contributed by atoms with Gasteiger partial charge < -0.3 is 9.15 Å². The Morgan fingerprint density at radius 2 is 1.83 bits per heavy atom. The summed E-state index contributed by atoms with van der Waals surface area (Å²) in [5.74, 6) is 0.574. The molecular weight excluding hydrogens is 386 g/mol. The minimum atomic E-state index is -0.397. The summed E-state index contributed by atoms with van der Waals surface area (Å²) in [7, 11) is 1.38. The highest BCUT2D eigenvalue weighted by molar-refractivity contribution is 7.98. The summed E-state index contributed by atoms with van der Waals surface area (Å²) in [6.45, 7) is 1.91. The molecule has 0 aliphatic rings. The Labute approximate surface area is 172 Å². The molecule has 0 aliphatic carbocycles. The van der Waals surface area contributed by atoms with E-state index in [1.54, 1.807) is 0 Å². The SMILES string of the molecule is COC(=O)c1c(CSc2nnc(Cc3ccccc3)o2)nc2ccccc2c1C. The number of esters is 1. The normalized spacial score (nSPS) is 11.0. The zero-order chi connectivity index (χ0) is 20.2. The predicted molar refractivity (Wildman–Crippen MR) is 111 cm³/mol. The Hall–Kier alpha value is -3.19. The van der Waals surface area contributed by atoms with E-state index in [2.05, 4.69) is 15.2 Å². The van der Waals surface area contributed by atoms with Crippen LogP contribution in [0.25, 0.3) is 10.9 Å². The van der Waals surface area contributed by atoms with Crippen LogP contribution in [-0.4, -0.2) is 28.3 Å². The molecular formula is C22H19N3O3S. The summed E-state index contributed by atoms with van der Waals surface area (Å²) in [4.78, 5) is 17.1. The predicted octanol–water partition coefficient (Wildman–Crippen LogP) is 4.60. The van der Waals surface area contributed by atoms with Crippen LogP contribution >= 0.6 is 11.8 Å². The van der Waals surface area contributed by atoms with Crippen LogP contribution in [0.3, 0.4) is 0 Å². The Balaban J connectivity index is 1.57. The Morgan fingerprint density at radius 3 is 2.62 bits per heavy atom. The third kappa shape index (κ3) is 4.14. The minimum Gasteiger partial charge on any atom is -0.465 e. The van der Waals surface area contributed by atoms with Gasteiger partial charge in [-0.3, -0.25) is 4.98 Å². The van der Waals surface area contributed by atoms with Crippen LogP contribution in [0, 0.1) is 6.92 Å². The molecule has 29 heavy (non-hydrogen) atoms. The number of benzene rings is 2. The molecule has 0 fully saturated rings. The summed E-state index contributed by atoms with van der Waals surface area (Å²) in [5.41, 5.74) is 3.92. The van der Waals surface area contributed by atoms with E-state index in [9.17, 15) is 4.79 Å². The largest absolute Gasteiger partial charge is 0.465 e. The van der Waals surface area contributed by atoms with Gasteiger partial charge >= 0.3 is 5.97 Å². The molecule has 4 rings (SSSR count). The van der Waals surface area contributed by atoms with Gasteiger partial charge in [0, 0.05) is 11.1 Å². The molecule has 6 nitrogen and oxygen atoms in total. The second kappa shape index (κ2) is 8.45. The molecule has 2 heterocycles. The summed E-state index contributed by atoms with van der Waals surface area (Å²) in [6.07, 6.45) is 0.579. The lowest BCUT2D eigenvalue weighted by Crippen LogP contribution is -2.10. The molecule has 7 heteroatoms. The van der Waals surface area contributed by atoms with Crippen LogP contribution in [0.1, 0.15) is 33.1 Å². The highest BCUT2D eigenvalue weighted by Gasteiger charge is 2.20. The minimum absolute atomic E-state index is 0.397. The summed E-state index contributed by atoms with van der Waals surface area (Å²) in [5, 5.41) is 9.60. The molecule has 0 amide bonds. The Bertz CT molecular complexity index is 1160. The maximum Gasteiger partial charge on any atom is 0.340 e. The van der Waals surface area contributed by atoms with Crippen LogP contribution in [0.4, 0.5) is 0 Å². The lowest BCUT2D eigenvalue weighted by Gasteiger charge is -2.12. The Kier molecular flexibility index (Phi) is 5.57. The van der Waals surface area contributed by atoms with Crippen molar-refractivity contribution in [2.24, 2.45) is 0 Å². The van der Waals surface area contributed by atoms with E-state index in [0.717, 1.165) is 22.0 Å². The summed E-state index contributed by atoms with van der Waals surface area (Å²) < 4.78 is 10.7. The first-order valence-electron chi connectivity index (χ1n) is 9.11. The van der Waals surface area contributed by atoms with Crippen LogP contribution < -0.4 is 0 Å². The van der Waals surface area contributed by atoms with E-state index >= 15 is 0 Å². The number of carbonyl (C=O) groups is 1. The number of fused-ring (bicyclic) bond motifs is 1. The van der Waals surface area contributed by atoms with E-state index in [1.807, 2.05) is 61.5 Å². The van der Waals surface area contributed by atoms with E-state index in [4.69, 9.17) is 9.15 Å². The smallest absolute Gasteiger partial charge is 0.340 e. The molecule has 2 aromatic heterocycles. The lowest BCUT2D eigenvalue weighted by atomic mass is 10.0. The molecule has 0 unspecified atom stereocenters. The molecule has 0 bridgehead atoms. The third-order valence-corrected chi connectivity index (χ3v) is 5.43. The fraction of sp³-hybridized carbons (Fsp3) is 0.182. The van der Waals surface area contributed by atoms with Gasteiger partial charge in [0.05, 0.1) is 30.3 Å². The van der Waals surface area contributed by atoms with Gasteiger partial charge in [0.1, 0.15) is 0 Å². The molecule has 4 aromatic rings. The van der Waals surface area contributed by atoms with Crippen molar-refractivity contribution in [1.29, 1.82) is 0 Å². The second-order valence-electron chi connectivity index (χ2n) is 6.48. The fourth-order valence-electron chi connectivity index (χ4n) is 3.19. The average Bonchev–Trinajstić information content (AvgIpc) is 3.20. The van der Waals surface area contributed by atoms with E-state index < -0.39 is 5.97 Å². The molecule has 0 saturated carbocycles. The number of aryl methyl sites for hydroxylation is 1. The molecule has 0 aliphatic heterocycles. The van der Waals surface area contributed by atoms with Crippen LogP contribution in [0.2, 0.25) is 0 Å². The van der Waals surface area contributed by atoms with Crippen molar-refractivity contribution in [1.82, 2.24) is 15.2 Å². The highest BCUT2D eigenvalue weighted by Crippen LogP contribution is 2.28. The third-order valence-electron chi connectivity index (χ3n) is 4.60. The lowest BCUT2D eigenvalue weighted by molar-refractivity contribution is 0.0598. The zero-order valence-electron chi connectivity index (χ0n) is 16.1. The first-order valence-corrected chi connectivity index (χ1v) is 10.1. The first kappa shape index (κ1) is 19.1. The molecule has 0 saturated heterocycles. The summed E-state index contributed by atoms with van der Waals surface area (Å²) >= 11 is 1.35. The number of thioether (sulfide) groups is 1. The van der Waals surface area contributed by atoms with Crippen molar-refractivity contribution in [3.05, 3.63) is 82.9 Å². The molecule has 0 N–H and O–H groups in total. The number of aromatic nitrogens is 3. The first-order chi connectivity index (χ1) is 14.2. The van der Waals surface area contributed by atoms with Crippen LogP contribution in [0.5, 0.6) is 0 Å². The van der Waals surface area contributed by atoms with Crippen molar-refractivity contribution in [3.63, 3.8) is 0 Å². The fourth-order valence-corrected chi connectivity index (χ4v) is 3.91. The molecule has 0 radical (unpaired) electrons. The zero-order valence-corrected chi connectivity index (χ0v) is 16.9. The molecule has 0 spiro atoms. The maximum atomic E-state index is 12.4. The van der Waals surface area contributed by atoms with Crippen LogP contribution in [-0.2, 0) is 16.9 Å². The molecule has 0 atom stereocenters. The quantitative estimate of drug-likeness (QED) is 0.343. The van der Waals surface area contributed by atoms with Gasteiger partial charge in [-0.2, -0.15) is 0 Å². The van der Waals surface area contributed by atoms with Gasteiger partial charge in [-0.1, -0.05) is 60.3 Å². The van der Waals surface area contributed by atoms with E-state index in [0.29, 0.717) is 34.5 Å². The van der Waals surface area contributed by atoms with Crippen molar-refractivity contribution >= 4 is 28.6 Å². The average molecular weight is 405 g/mol.